The van der Waals surface area contributed by atoms with Gasteiger partial charge in [-0.15, -0.1) is 0 Å². The zero-order valence-corrected chi connectivity index (χ0v) is 13.8. The average Bonchev–Trinajstić information content (AvgIpc) is 2.43. The number of piperidine rings is 1. The fourth-order valence-corrected chi connectivity index (χ4v) is 3.03. The molecule has 20 heavy (non-hydrogen) atoms. The normalized spacial score (nSPS) is 18.9. The summed E-state index contributed by atoms with van der Waals surface area (Å²) in [5.41, 5.74) is 6.01. The van der Waals surface area contributed by atoms with E-state index in [1.807, 2.05) is 4.90 Å². The summed E-state index contributed by atoms with van der Waals surface area (Å²) >= 11 is 0. The molecule has 1 aliphatic rings. The molecule has 1 rings (SSSR count). The topological polar surface area (TPSA) is 49.6 Å². The number of hydrogen-bond acceptors (Lipinski definition) is 3. The fourth-order valence-electron chi connectivity index (χ4n) is 3.03. The molecule has 1 saturated heterocycles. The average molecular weight is 283 g/mol. The predicted molar refractivity (Wildman–Crippen MR) is 84.5 cm³/mol. The van der Waals surface area contributed by atoms with Gasteiger partial charge in [0.2, 0.25) is 5.91 Å². The van der Waals surface area contributed by atoms with Crippen LogP contribution in [0.5, 0.6) is 0 Å². The van der Waals surface area contributed by atoms with Gasteiger partial charge >= 0.3 is 0 Å². The van der Waals surface area contributed by atoms with Crippen molar-refractivity contribution in [1.82, 2.24) is 9.80 Å². The molecule has 0 aromatic rings. The molecule has 0 spiro atoms. The van der Waals surface area contributed by atoms with Crippen LogP contribution in [-0.2, 0) is 4.79 Å². The number of carbonyl (C=O) groups excluding carboxylic acids is 1. The molecule has 2 N–H and O–H groups in total. The molecule has 1 atom stereocenters. The molecule has 1 aliphatic heterocycles. The Morgan fingerprint density at radius 3 is 2.25 bits per heavy atom. The molecule has 0 radical (unpaired) electrons. The van der Waals surface area contributed by atoms with Gasteiger partial charge in [0.15, 0.2) is 0 Å². The Hall–Kier alpha value is -0.610. The van der Waals surface area contributed by atoms with Crippen LogP contribution in [-0.4, -0.2) is 54.5 Å². The second-order valence-corrected chi connectivity index (χ2v) is 6.49. The van der Waals surface area contributed by atoms with E-state index in [4.69, 9.17) is 5.73 Å². The van der Waals surface area contributed by atoms with Gasteiger partial charge in [0, 0.05) is 19.6 Å². The van der Waals surface area contributed by atoms with Crippen LogP contribution in [0.4, 0.5) is 0 Å². The van der Waals surface area contributed by atoms with Gasteiger partial charge in [-0.25, -0.2) is 0 Å². The summed E-state index contributed by atoms with van der Waals surface area (Å²) < 4.78 is 0. The Bertz CT molecular complexity index is 281. The number of amides is 1. The largest absolute Gasteiger partial charge is 0.341 e. The van der Waals surface area contributed by atoms with Gasteiger partial charge in [-0.1, -0.05) is 27.7 Å². The van der Waals surface area contributed by atoms with Crippen molar-refractivity contribution in [3.05, 3.63) is 0 Å². The standard InChI is InChI=1S/C16H33N3O/c1-5-18(6-2)12-14-7-9-19(10-8-14)16(20)15(17)11-13(3)4/h13-15H,5-12,17H2,1-4H3. The monoisotopic (exact) mass is 283 g/mol. The van der Waals surface area contributed by atoms with E-state index >= 15 is 0 Å². The van der Waals surface area contributed by atoms with E-state index in [0.29, 0.717) is 5.92 Å². The second-order valence-electron chi connectivity index (χ2n) is 6.49. The first-order valence-corrected chi connectivity index (χ1v) is 8.24. The van der Waals surface area contributed by atoms with Gasteiger partial charge in [-0.2, -0.15) is 0 Å². The quantitative estimate of drug-likeness (QED) is 0.777. The van der Waals surface area contributed by atoms with Crippen LogP contribution in [0.3, 0.4) is 0 Å². The van der Waals surface area contributed by atoms with E-state index in [1.165, 1.54) is 6.54 Å². The van der Waals surface area contributed by atoms with Crippen molar-refractivity contribution in [2.24, 2.45) is 17.6 Å². The third-order valence-electron chi connectivity index (χ3n) is 4.38. The maximum Gasteiger partial charge on any atom is 0.239 e. The molecule has 1 unspecified atom stereocenters. The zero-order valence-electron chi connectivity index (χ0n) is 13.8. The van der Waals surface area contributed by atoms with Crippen molar-refractivity contribution < 1.29 is 4.79 Å². The van der Waals surface area contributed by atoms with E-state index in [-0.39, 0.29) is 11.9 Å². The molecular weight excluding hydrogens is 250 g/mol. The second kappa shape index (κ2) is 8.63. The Morgan fingerprint density at radius 1 is 1.25 bits per heavy atom. The van der Waals surface area contributed by atoms with Gasteiger partial charge < -0.3 is 15.5 Å². The molecule has 1 amide bonds. The van der Waals surface area contributed by atoms with E-state index in [2.05, 4.69) is 32.6 Å². The van der Waals surface area contributed by atoms with Gasteiger partial charge in [0.25, 0.3) is 0 Å². The van der Waals surface area contributed by atoms with Crippen LogP contribution >= 0.6 is 0 Å². The zero-order chi connectivity index (χ0) is 15.1. The van der Waals surface area contributed by atoms with Gasteiger partial charge in [-0.05, 0) is 44.2 Å². The van der Waals surface area contributed by atoms with Crippen molar-refractivity contribution in [3.8, 4) is 0 Å². The summed E-state index contributed by atoms with van der Waals surface area (Å²) in [5, 5.41) is 0. The maximum absolute atomic E-state index is 12.3. The molecule has 0 bridgehead atoms. The number of nitrogens with zero attached hydrogens (tertiary/aromatic N) is 2. The summed E-state index contributed by atoms with van der Waals surface area (Å²) in [4.78, 5) is 16.7. The third kappa shape index (κ3) is 5.41. The van der Waals surface area contributed by atoms with E-state index in [0.717, 1.165) is 51.4 Å². The minimum atomic E-state index is -0.311. The molecule has 1 fully saturated rings. The van der Waals surface area contributed by atoms with Crippen LogP contribution in [0.25, 0.3) is 0 Å². The minimum absolute atomic E-state index is 0.153. The number of likely N-dealkylation sites (tertiary alicyclic amines) is 1. The van der Waals surface area contributed by atoms with Crippen molar-refractivity contribution in [3.63, 3.8) is 0 Å². The van der Waals surface area contributed by atoms with Gasteiger partial charge in [0.1, 0.15) is 0 Å². The highest BCUT2D eigenvalue weighted by atomic mass is 16.2. The Morgan fingerprint density at radius 2 is 1.80 bits per heavy atom. The van der Waals surface area contributed by atoms with Crippen molar-refractivity contribution >= 4 is 5.91 Å². The molecule has 4 heteroatoms. The summed E-state index contributed by atoms with van der Waals surface area (Å²) in [7, 11) is 0. The lowest BCUT2D eigenvalue weighted by Crippen LogP contribution is -2.48. The molecule has 118 valence electrons. The summed E-state index contributed by atoms with van der Waals surface area (Å²) in [6.07, 6.45) is 3.03. The number of hydrogen-bond donors (Lipinski definition) is 1. The molecule has 0 aliphatic carbocycles. The molecule has 4 nitrogen and oxygen atoms in total. The van der Waals surface area contributed by atoms with E-state index in [9.17, 15) is 4.79 Å². The first kappa shape index (κ1) is 17.4. The maximum atomic E-state index is 12.3. The number of carbonyl (C=O) groups is 1. The number of nitrogens with two attached hydrogens (primary N) is 1. The Balaban J connectivity index is 2.36. The first-order valence-electron chi connectivity index (χ1n) is 8.24. The lowest BCUT2D eigenvalue weighted by molar-refractivity contribution is -0.134. The highest BCUT2D eigenvalue weighted by molar-refractivity contribution is 5.81. The molecule has 0 aromatic carbocycles. The molecule has 0 saturated carbocycles. The lowest BCUT2D eigenvalue weighted by Gasteiger charge is -2.35. The predicted octanol–water partition coefficient (Wildman–Crippen LogP) is 1.94. The smallest absolute Gasteiger partial charge is 0.239 e. The summed E-state index contributed by atoms with van der Waals surface area (Å²) in [6, 6.07) is -0.311. The van der Waals surface area contributed by atoms with Crippen LogP contribution < -0.4 is 5.73 Å². The lowest BCUT2D eigenvalue weighted by atomic mass is 9.95. The first-order chi connectivity index (χ1) is 9.47. The van der Waals surface area contributed by atoms with Crippen LogP contribution in [0.1, 0.15) is 47.0 Å². The van der Waals surface area contributed by atoms with Crippen LogP contribution in [0, 0.1) is 11.8 Å². The minimum Gasteiger partial charge on any atom is -0.341 e. The molecular formula is C16H33N3O. The Labute approximate surface area is 124 Å². The highest BCUT2D eigenvalue weighted by Gasteiger charge is 2.27. The Kier molecular flexibility index (Phi) is 7.52. The summed E-state index contributed by atoms with van der Waals surface area (Å²) in [5.74, 6) is 1.37. The van der Waals surface area contributed by atoms with Crippen molar-refractivity contribution in [1.29, 1.82) is 0 Å². The fraction of sp³-hybridized carbons (Fsp3) is 0.938. The van der Waals surface area contributed by atoms with E-state index in [1.54, 1.807) is 0 Å². The van der Waals surface area contributed by atoms with Crippen molar-refractivity contribution in [2.45, 2.75) is 53.0 Å². The van der Waals surface area contributed by atoms with E-state index < -0.39 is 0 Å². The van der Waals surface area contributed by atoms with Crippen LogP contribution in [0.2, 0.25) is 0 Å². The SMILES string of the molecule is CCN(CC)CC1CCN(C(=O)C(N)CC(C)C)CC1. The van der Waals surface area contributed by atoms with Crippen molar-refractivity contribution in [2.75, 3.05) is 32.7 Å². The van der Waals surface area contributed by atoms with Gasteiger partial charge in [0.05, 0.1) is 6.04 Å². The summed E-state index contributed by atoms with van der Waals surface area (Å²) in [6.45, 7) is 13.8. The third-order valence-corrected chi connectivity index (χ3v) is 4.38. The van der Waals surface area contributed by atoms with Gasteiger partial charge in [-0.3, -0.25) is 4.79 Å². The molecule has 0 aromatic heterocycles. The number of rotatable bonds is 7. The van der Waals surface area contributed by atoms with Crippen LogP contribution in [0.15, 0.2) is 0 Å². The highest BCUT2D eigenvalue weighted by Crippen LogP contribution is 2.19. The molecule has 1 heterocycles.